The van der Waals surface area contributed by atoms with Crippen LogP contribution in [-0.4, -0.2) is 38.2 Å². The van der Waals surface area contributed by atoms with Crippen LogP contribution in [0.25, 0.3) is 10.9 Å². The number of fused-ring (bicyclic) bond motifs is 1. The summed E-state index contributed by atoms with van der Waals surface area (Å²) >= 11 is 0. The zero-order valence-corrected chi connectivity index (χ0v) is 18.2. The lowest BCUT2D eigenvalue weighted by molar-refractivity contribution is -0.141. The summed E-state index contributed by atoms with van der Waals surface area (Å²) in [5.41, 5.74) is -2.11. The van der Waals surface area contributed by atoms with Gasteiger partial charge in [0.15, 0.2) is 5.82 Å². The number of aromatic nitrogens is 4. The first kappa shape index (κ1) is 20.8. The molecule has 9 nitrogen and oxygen atoms in total. The van der Waals surface area contributed by atoms with E-state index in [0.717, 1.165) is 23.0 Å². The van der Waals surface area contributed by atoms with Crippen LogP contribution in [0.4, 0.5) is 45.0 Å². The molecule has 0 unspecified atom stereocenters. The van der Waals surface area contributed by atoms with E-state index in [1.807, 2.05) is 0 Å². The third kappa shape index (κ3) is 4.96. The molecule has 14 heteroatoms. The van der Waals surface area contributed by atoms with Gasteiger partial charge in [-0.25, -0.2) is 18.7 Å². The van der Waals surface area contributed by atoms with Gasteiger partial charge in [-0.05, 0) is 12.1 Å². The fourth-order valence-corrected chi connectivity index (χ4v) is 3.54. The average molecular weight is 510 g/mol. The van der Waals surface area contributed by atoms with Crippen molar-refractivity contribution in [2.45, 2.75) is 12.7 Å². The van der Waals surface area contributed by atoms with E-state index in [4.69, 9.17) is 4.11 Å². The van der Waals surface area contributed by atoms with Gasteiger partial charge in [0.1, 0.15) is 24.0 Å². The normalized spacial score (nSPS) is 13.1. The molecule has 0 spiro atoms. The van der Waals surface area contributed by atoms with E-state index in [2.05, 4.69) is 20.6 Å². The molecule has 4 aromatic heterocycles. The van der Waals surface area contributed by atoms with Gasteiger partial charge in [0.05, 0.1) is 34.0 Å². The Morgan fingerprint density at radius 1 is 1.08 bits per heavy atom. The molecular weight excluding hydrogens is 489 g/mol. The topological polar surface area (TPSA) is 106 Å². The van der Waals surface area contributed by atoms with E-state index in [-0.39, 0.29) is 38.7 Å². The van der Waals surface area contributed by atoms with Crippen molar-refractivity contribution < 1.29 is 30.9 Å². The van der Waals surface area contributed by atoms with Crippen LogP contribution in [0, 0.1) is 11.6 Å². The van der Waals surface area contributed by atoms with Crippen LogP contribution >= 0.6 is 0 Å². The summed E-state index contributed by atoms with van der Waals surface area (Å²) in [6.45, 7) is -4.62. The standard InChI is InChI=1S/C22H18F5N7O2/c1-28-20(35)12-7-30-17(32-16-4-3-11(23)6-29-16)5-14(12)31-15-9-33(2)19-13(24)8-34(10-22(25,26)27)21(36)18(15)19/h3-9H,10H2,1-2H3,(H,28,35)(H2,29,30,31,32)/i1D3. The van der Waals surface area contributed by atoms with Crippen LogP contribution in [0.5, 0.6) is 0 Å². The maximum absolute atomic E-state index is 14.8. The second kappa shape index (κ2) is 9.28. The van der Waals surface area contributed by atoms with E-state index in [1.54, 1.807) is 5.32 Å². The number of alkyl halides is 3. The van der Waals surface area contributed by atoms with Crippen molar-refractivity contribution in [2.24, 2.45) is 7.05 Å². The lowest BCUT2D eigenvalue weighted by Gasteiger charge is -2.14. The third-order valence-corrected chi connectivity index (χ3v) is 5.02. The van der Waals surface area contributed by atoms with Crippen molar-refractivity contribution in [3.63, 3.8) is 0 Å². The predicted octanol–water partition coefficient (Wildman–Crippen LogP) is 3.82. The molecule has 4 heterocycles. The van der Waals surface area contributed by atoms with E-state index in [0.29, 0.717) is 6.20 Å². The zero-order chi connectivity index (χ0) is 28.7. The van der Waals surface area contributed by atoms with E-state index in [1.165, 1.54) is 25.4 Å². The molecule has 0 fully saturated rings. The number of aryl methyl sites for hydroxylation is 1. The molecule has 0 radical (unpaired) electrons. The highest BCUT2D eigenvalue weighted by molar-refractivity contribution is 6.02. The summed E-state index contributed by atoms with van der Waals surface area (Å²) < 4.78 is 90.2. The van der Waals surface area contributed by atoms with Crippen LogP contribution in [0.2, 0.25) is 0 Å². The number of amides is 1. The Morgan fingerprint density at radius 2 is 1.83 bits per heavy atom. The molecular formula is C22H18F5N7O2. The highest BCUT2D eigenvalue weighted by Gasteiger charge is 2.30. The van der Waals surface area contributed by atoms with Gasteiger partial charge in [-0.2, -0.15) is 13.2 Å². The quantitative estimate of drug-likeness (QED) is 0.341. The Bertz CT molecular complexity index is 1620. The monoisotopic (exact) mass is 510 g/mol. The van der Waals surface area contributed by atoms with Crippen LogP contribution < -0.4 is 21.5 Å². The Morgan fingerprint density at radius 3 is 2.50 bits per heavy atom. The fraction of sp³-hybridized carbons (Fsp3) is 0.182. The molecule has 188 valence electrons. The van der Waals surface area contributed by atoms with Crippen LogP contribution in [-0.2, 0) is 13.6 Å². The van der Waals surface area contributed by atoms with Crippen molar-refractivity contribution in [3.8, 4) is 0 Å². The summed E-state index contributed by atoms with van der Waals surface area (Å²) in [5, 5.41) is 6.79. The number of hydrogen-bond donors (Lipinski definition) is 3. The minimum absolute atomic E-state index is 0.0305. The van der Waals surface area contributed by atoms with Gasteiger partial charge in [-0.15, -0.1) is 0 Å². The van der Waals surface area contributed by atoms with Crippen LogP contribution in [0.15, 0.2) is 47.8 Å². The smallest absolute Gasteiger partial charge is 0.355 e. The first-order valence-electron chi connectivity index (χ1n) is 11.5. The van der Waals surface area contributed by atoms with Gasteiger partial charge in [-0.1, -0.05) is 0 Å². The van der Waals surface area contributed by atoms with Gasteiger partial charge in [-0.3, -0.25) is 9.59 Å². The molecule has 0 aliphatic carbocycles. The summed E-state index contributed by atoms with van der Waals surface area (Å²) in [7, 11) is 1.35. The Kier molecular flexibility index (Phi) is 5.37. The minimum Gasteiger partial charge on any atom is -0.355 e. The maximum atomic E-state index is 14.8. The number of rotatable bonds is 6. The van der Waals surface area contributed by atoms with Crippen LogP contribution in [0.1, 0.15) is 14.5 Å². The number of pyridine rings is 3. The Hall–Kier alpha value is -4.49. The predicted molar refractivity (Wildman–Crippen MR) is 122 cm³/mol. The van der Waals surface area contributed by atoms with Gasteiger partial charge in [0.25, 0.3) is 11.5 Å². The Balaban J connectivity index is 1.83. The number of halogens is 5. The van der Waals surface area contributed by atoms with Crippen molar-refractivity contribution in [1.29, 1.82) is 0 Å². The van der Waals surface area contributed by atoms with E-state index < -0.39 is 48.2 Å². The summed E-state index contributed by atoms with van der Waals surface area (Å²) in [6, 6.07) is 3.62. The summed E-state index contributed by atoms with van der Waals surface area (Å²) in [4.78, 5) is 33.5. The van der Waals surface area contributed by atoms with Gasteiger partial charge < -0.3 is 25.1 Å². The van der Waals surface area contributed by atoms with Gasteiger partial charge >= 0.3 is 6.18 Å². The van der Waals surface area contributed by atoms with Crippen molar-refractivity contribution in [2.75, 3.05) is 17.6 Å². The first-order valence-corrected chi connectivity index (χ1v) is 10.0. The number of carbonyl (C=O) groups is 1. The van der Waals surface area contributed by atoms with Crippen molar-refractivity contribution in [1.82, 2.24) is 24.4 Å². The molecule has 4 aromatic rings. The molecule has 0 atom stereocenters. The number of nitrogens with one attached hydrogen (secondary N) is 3. The van der Waals surface area contributed by atoms with Gasteiger partial charge in [0, 0.05) is 42.8 Å². The molecule has 3 N–H and O–H groups in total. The van der Waals surface area contributed by atoms with Crippen LogP contribution in [0.3, 0.4) is 0 Å². The SMILES string of the molecule is [2H]C([2H])([2H])NC(=O)c1cnc(Nc2ccc(F)cn2)cc1Nc1cn(C)c2c(F)cn(CC(F)(F)F)c(=O)c12. The van der Waals surface area contributed by atoms with Crippen molar-refractivity contribution in [3.05, 3.63) is 70.5 Å². The minimum atomic E-state index is -4.81. The second-order valence-electron chi connectivity index (χ2n) is 7.58. The average Bonchev–Trinajstić information content (AvgIpc) is 3.13. The summed E-state index contributed by atoms with van der Waals surface area (Å²) in [6.07, 6.45) is -1.24. The third-order valence-electron chi connectivity index (χ3n) is 5.02. The fourth-order valence-electron chi connectivity index (χ4n) is 3.54. The van der Waals surface area contributed by atoms with Crippen molar-refractivity contribution >= 4 is 39.8 Å². The number of carbonyl (C=O) groups excluding carboxylic acids is 1. The molecule has 0 saturated heterocycles. The van der Waals surface area contributed by atoms with E-state index in [9.17, 15) is 31.5 Å². The molecule has 0 aliphatic rings. The molecule has 0 aromatic carbocycles. The molecule has 36 heavy (non-hydrogen) atoms. The molecule has 1 amide bonds. The lowest BCUT2D eigenvalue weighted by atomic mass is 10.2. The zero-order valence-electron chi connectivity index (χ0n) is 21.2. The first-order chi connectivity index (χ1) is 18.1. The highest BCUT2D eigenvalue weighted by atomic mass is 19.4. The maximum Gasteiger partial charge on any atom is 0.406 e. The number of nitrogens with zero attached hydrogens (tertiary/aromatic N) is 4. The Labute approximate surface area is 203 Å². The number of anilines is 4. The van der Waals surface area contributed by atoms with Gasteiger partial charge in [0.2, 0.25) is 0 Å². The highest BCUT2D eigenvalue weighted by Crippen LogP contribution is 2.31. The number of hydrogen-bond acceptors (Lipinski definition) is 6. The molecule has 0 bridgehead atoms. The largest absolute Gasteiger partial charge is 0.406 e. The van der Waals surface area contributed by atoms with E-state index >= 15 is 0 Å². The second-order valence-corrected chi connectivity index (χ2v) is 7.58. The molecule has 0 aliphatic heterocycles. The lowest BCUT2D eigenvalue weighted by Crippen LogP contribution is -2.28. The molecule has 0 saturated carbocycles. The molecule has 4 rings (SSSR count). The summed E-state index contributed by atoms with van der Waals surface area (Å²) in [5.74, 6) is -2.63.